The Morgan fingerprint density at radius 2 is 2.05 bits per heavy atom. The number of hydrogen-bond donors (Lipinski definition) is 3. The molecule has 106 valence electrons. The van der Waals surface area contributed by atoms with E-state index in [0.29, 0.717) is 6.54 Å². The van der Waals surface area contributed by atoms with Gasteiger partial charge in [0, 0.05) is 25.0 Å². The zero-order valence-corrected chi connectivity index (χ0v) is 11.6. The summed E-state index contributed by atoms with van der Waals surface area (Å²) in [5, 5.41) is 9.69. The highest BCUT2D eigenvalue weighted by molar-refractivity contribution is 5.89. The highest BCUT2D eigenvalue weighted by Gasteiger charge is 2.04. The van der Waals surface area contributed by atoms with E-state index in [-0.39, 0.29) is 12.1 Å². The summed E-state index contributed by atoms with van der Waals surface area (Å²) < 4.78 is 1.70. The van der Waals surface area contributed by atoms with E-state index in [1.54, 1.807) is 4.68 Å². The summed E-state index contributed by atoms with van der Waals surface area (Å²) in [4.78, 5) is 11.7. The molecule has 1 unspecified atom stereocenters. The maximum absolute atomic E-state index is 11.7. The van der Waals surface area contributed by atoms with Crippen molar-refractivity contribution in [2.45, 2.75) is 19.5 Å². The molecule has 0 aliphatic carbocycles. The lowest BCUT2D eigenvalue weighted by atomic mass is 10.1. The second-order valence-corrected chi connectivity index (χ2v) is 4.70. The Balaban J connectivity index is 1.84. The van der Waals surface area contributed by atoms with Crippen molar-refractivity contribution in [3.63, 3.8) is 0 Å². The monoisotopic (exact) mass is 273 g/mol. The third-order valence-corrected chi connectivity index (χ3v) is 2.89. The Morgan fingerprint density at radius 1 is 1.35 bits per heavy atom. The minimum absolute atomic E-state index is 0.0120. The zero-order valence-electron chi connectivity index (χ0n) is 11.6. The van der Waals surface area contributed by atoms with Gasteiger partial charge >= 0.3 is 6.03 Å². The molecule has 1 atom stereocenters. The average molecular weight is 273 g/mol. The first-order valence-electron chi connectivity index (χ1n) is 6.43. The fourth-order valence-electron chi connectivity index (χ4n) is 1.77. The molecule has 0 spiro atoms. The zero-order chi connectivity index (χ0) is 14.5. The molecular weight excluding hydrogens is 254 g/mol. The fourth-order valence-corrected chi connectivity index (χ4v) is 1.77. The topological polar surface area (TPSA) is 85.0 Å². The number of nitrogens with zero attached hydrogens (tertiary/aromatic N) is 2. The molecule has 0 saturated heterocycles. The van der Waals surface area contributed by atoms with Crippen LogP contribution in [0.5, 0.6) is 0 Å². The molecule has 2 aromatic rings. The Hall–Kier alpha value is -2.34. The predicted molar refractivity (Wildman–Crippen MR) is 78.1 cm³/mol. The number of benzene rings is 1. The minimum atomic E-state index is -0.260. The van der Waals surface area contributed by atoms with E-state index >= 15 is 0 Å². The van der Waals surface area contributed by atoms with Crippen LogP contribution in [0.15, 0.2) is 36.5 Å². The van der Waals surface area contributed by atoms with Crippen molar-refractivity contribution in [1.29, 1.82) is 0 Å². The van der Waals surface area contributed by atoms with E-state index < -0.39 is 0 Å². The van der Waals surface area contributed by atoms with Crippen molar-refractivity contribution in [3.05, 3.63) is 47.8 Å². The highest BCUT2D eigenvalue weighted by atomic mass is 16.2. The van der Waals surface area contributed by atoms with Gasteiger partial charge < -0.3 is 16.4 Å². The number of carbonyl (C=O) groups excluding carboxylic acids is 1. The quantitative estimate of drug-likeness (QED) is 0.793. The fraction of sp³-hybridized carbons (Fsp3) is 0.286. The van der Waals surface area contributed by atoms with Gasteiger partial charge in [0.25, 0.3) is 0 Å². The molecule has 0 aliphatic rings. The minimum Gasteiger partial charge on any atom is -0.332 e. The van der Waals surface area contributed by atoms with Crippen molar-refractivity contribution in [2.24, 2.45) is 12.8 Å². The third-order valence-electron chi connectivity index (χ3n) is 2.89. The van der Waals surface area contributed by atoms with Crippen LogP contribution in [-0.4, -0.2) is 15.8 Å². The molecule has 4 N–H and O–H groups in total. The maximum Gasteiger partial charge on any atom is 0.319 e. The maximum atomic E-state index is 11.7. The summed E-state index contributed by atoms with van der Waals surface area (Å²) in [6, 6.07) is 9.06. The lowest BCUT2D eigenvalue weighted by Gasteiger charge is -2.09. The summed E-state index contributed by atoms with van der Waals surface area (Å²) in [6.45, 7) is 2.31. The standard InChI is InChI=1S/C14H19N5O/c1-10(15)11-3-5-12(6-4-11)17-14(20)16-9-13-7-8-19(2)18-13/h3-8,10H,9,15H2,1-2H3,(H2,16,17,20). The molecular formula is C14H19N5O. The number of aromatic nitrogens is 2. The van der Waals surface area contributed by atoms with Crippen LogP contribution in [0.3, 0.4) is 0 Å². The van der Waals surface area contributed by atoms with Crippen LogP contribution in [0.2, 0.25) is 0 Å². The van der Waals surface area contributed by atoms with Crippen molar-refractivity contribution < 1.29 is 4.79 Å². The van der Waals surface area contributed by atoms with Gasteiger partial charge in [-0.15, -0.1) is 0 Å². The number of rotatable bonds is 4. The average Bonchev–Trinajstić information content (AvgIpc) is 2.83. The number of anilines is 1. The van der Waals surface area contributed by atoms with E-state index in [1.165, 1.54) is 0 Å². The summed E-state index contributed by atoms with van der Waals surface area (Å²) in [7, 11) is 1.84. The third kappa shape index (κ3) is 3.83. The molecule has 1 aromatic heterocycles. The van der Waals surface area contributed by atoms with Crippen LogP contribution < -0.4 is 16.4 Å². The molecule has 1 heterocycles. The molecule has 0 bridgehead atoms. The first-order chi connectivity index (χ1) is 9.54. The van der Waals surface area contributed by atoms with E-state index in [0.717, 1.165) is 16.9 Å². The Morgan fingerprint density at radius 3 is 2.60 bits per heavy atom. The van der Waals surface area contributed by atoms with Crippen LogP contribution in [0.4, 0.5) is 10.5 Å². The van der Waals surface area contributed by atoms with E-state index in [9.17, 15) is 4.79 Å². The predicted octanol–water partition coefficient (Wildman–Crippen LogP) is 1.76. The Labute approximate surface area is 118 Å². The lowest BCUT2D eigenvalue weighted by Crippen LogP contribution is -2.28. The van der Waals surface area contributed by atoms with Gasteiger partial charge in [-0.05, 0) is 30.7 Å². The van der Waals surface area contributed by atoms with Gasteiger partial charge in [0.15, 0.2) is 0 Å². The molecule has 2 amide bonds. The number of aryl methyl sites for hydroxylation is 1. The number of amides is 2. The van der Waals surface area contributed by atoms with Gasteiger partial charge in [0.1, 0.15) is 0 Å². The van der Waals surface area contributed by atoms with Gasteiger partial charge in [-0.1, -0.05) is 12.1 Å². The van der Waals surface area contributed by atoms with E-state index in [2.05, 4.69) is 15.7 Å². The molecule has 0 saturated carbocycles. The summed E-state index contributed by atoms with van der Waals surface area (Å²) in [5.74, 6) is 0. The number of urea groups is 1. The molecule has 6 nitrogen and oxygen atoms in total. The first kappa shape index (κ1) is 14.1. The molecule has 1 aromatic carbocycles. The second-order valence-electron chi connectivity index (χ2n) is 4.70. The highest BCUT2D eigenvalue weighted by Crippen LogP contribution is 2.13. The van der Waals surface area contributed by atoms with Crippen molar-refractivity contribution in [2.75, 3.05) is 5.32 Å². The van der Waals surface area contributed by atoms with Gasteiger partial charge in [-0.2, -0.15) is 5.10 Å². The van der Waals surface area contributed by atoms with Gasteiger partial charge in [0.2, 0.25) is 0 Å². The number of nitrogens with one attached hydrogen (secondary N) is 2. The van der Waals surface area contributed by atoms with Crippen LogP contribution >= 0.6 is 0 Å². The normalized spacial score (nSPS) is 11.9. The van der Waals surface area contributed by atoms with Gasteiger partial charge in [-0.25, -0.2) is 4.79 Å². The molecule has 0 aliphatic heterocycles. The van der Waals surface area contributed by atoms with Gasteiger partial charge in [0.05, 0.1) is 12.2 Å². The molecule has 6 heteroatoms. The largest absolute Gasteiger partial charge is 0.332 e. The Kier molecular flexibility index (Phi) is 4.37. The molecule has 0 radical (unpaired) electrons. The lowest BCUT2D eigenvalue weighted by molar-refractivity contribution is 0.251. The summed E-state index contributed by atoms with van der Waals surface area (Å²) in [5.41, 5.74) is 8.35. The smallest absolute Gasteiger partial charge is 0.319 e. The number of nitrogens with two attached hydrogens (primary N) is 1. The molecule has 20 heavy (non-hydrogen) atoms. The molecule has 2 rings (SSSR count). The van der Waals surface area contributed by atoms with Crippen molar-refractivity contribution >= 4 is 11.7 Å². The van der Waals surface area contributed by atoms with E-state index in [4.69, 9.17) is 5.73 Å². The first-order valence-corrected chi connectivity index (χ1v) is 6.43. The van der Waals surface area contributed by atoms with E-state index in [1.807, 2.05) is 50.5 Å². The number of carbonyl (C=O) groups is 1. The van der Waals surface area contributed by atoms with Gasteiger partial charge in [-0.3, -0.25) is 4.68 Å². The summed E-state index contributed by atoms with van der Waals surface area (Å²) in [6.07, 6.45) is 1.83. The van der Waals surface area contributed by atoms with Crippen molar-refractivity contribution in [3.8, 4) is 0 Å². The molecule has 0 fully saturated rings. The Bertz CT molecular complexity index is 574. The van der Waals surface area contributed by atoms with Crippen LogP contribution in [0, 0.1) is 0 Å². The van der Waals surface area contributed by atoms with Crippen LogP contribution in [0.25, 0.3) is 0 Å². The van der Waals surface area contributed by atoms with Crippen molar-refractivity contribution in [1.82, 2.24) is 15.1 Å². The van der Waals surface area contributed by atoms with Crippen LogP contribution in [0.1, 0.15) is 24.2 Å². The van der Waals surface area contributed by atoms with Crippen LogP contribution in [-0.2, 0) is 13.6 Å². The second kappa shape index (κ2) is 6.21. The SMILES string of the molecule is CC(N)c1ccc(NC(=O)NCc2ccn(C)n2)cc1. The number of hydrogen-bond acceptors (Lipinski definition) is 3. The summed E-state index contributed by atoms with van der Waals surface area (Å²) >= 11 is 0.